The molecule has 1 heterocycles. The van der Waals surface area contributed by atoms with Gasteiger partial charge in [0, 0.05) is 12.1 Å². The van der Waals surface area contributed by atoms with Crippen molar-refractivity contribution >= 4 is 0 Å². The molecule has 1 saturated heterocycles. The second kappa shape index (κ2) is 7.66. The lowest BCUT2D eigenvalue weighted by Crippen LogP contribution is -2.54. The van der Waals surface area contributed by atoms with E-state index in [0.717, 1.165) is 17.9 Å². The zero-order chi connectivity index (χ0) is 16.3. The lowest BCUT2D eigenvalue weighted by molar-refractivity contribution is -0.0303. The fourth-order valence-electron chi connectivity index (χ4n) is 4.49. The standard InChI is InChI=1S/C20H40N2/c1-7-20(10-13-21(6)17(4)5)14-19(15-20)22-11-8-18(9-12-22)16(2)3/h16-19H,7-15H2,1-6H3. The SMILES string of the molecule is CCC1(CCN(C)C(C)C)CC(N2CCC(C(C)C)CC2)C1. The minimum absolute atomic E-state index is 0.655. The average molecular weight is 309 g/mol. The maximum absolute atomic E-state index is 2.82. The molecule has 0 unspecified atom stereocenters. The van der Waals surface area contributed by atoms with Crippen LogP contribution in [0.25, 0.3) is 0 Å². The van der Waals surface area contributed by atoms with E-state index in [0.29, 0.717) is 11.5 Å². The fraction of sp³-hybridized carbons (Fsp3) is 1.00. The molecule has 0 N–H and O–H groups in total. The van der Waals surface area contributed by atoms with Gasteiger partial charge in [0.2, 0.25) is 0 Å². The van der Waals surface area contributed by atoms with Crippen LogP contribution in [-0.2, 0) is 0 Å². The van der Waals surface area contributed by atoms with Crippen LogP contribution in [-0.4, -0.2) is 48.6 Å². The molecule has 2 nitrogen and oxygen atoms in total. The zero-order valence-corrected chi connectivity index (χ0v) is 16.1. The lowest BCUT2D eigenvalue weighted by Gasteiger charge is -2.54. The second-order valence-corrected chi connectivity index (χ2v) is 8.86. The molecule has 1 saturated carbocycles. The van der Waals surface area contributed by atoms with Crippen LogP contribution in [0.5, 0.6) is 0 Å². The number of likely N-dealkylation sites (tertiary alicyclic amines) is 1. The van der Waals surface area contributed by atoms with Crippen LogP contribution < -0.4 is 0 Å². The van der Waals surface area contributed by atoms with E-state index in [-0.39, 0.29) is 0 Å². The summed E-state index contributed by atoms with van der Waals surface area (Å²) in [6.45, 7) is 15.8. The van der Waals surface area contributed by atoms with Gasteiger partial charge < -0.3 is 9.80 Å². The van der Waals surface area contributed by atoms with E-state index < -0.39 is 0 Å². The summed E-state index contributed by atoms with van der Waals surface area (Å²) in [5, 5.41) is 0. The highest BCUT2D eigenvalue weighted by Gasteiger charge is 2.45. The van der Waals surface area contributed by atoms with Gasteiger partial charge in [0.1, 0.15) is 0 Å². The fourth-order valence-corrected chi connectivity index (χ4v) is 4.49. The first kappa shape index (κ1) is 18.3. The molecule has 2 fully saturated rings. The minimum Gasteiger partial charge on any atom is -0.304 e. The molecule has 2 aliphatic rings. The summed E-state index contributed by atoms with van der Waals surface area (Å²) in [6, 6.07) is 1.58. The Morgan fingerprint density at radius 1 is 1.09 bits per heavy atom. The van der Waals surface area contributed by atoms with Crippen LogP contribution in [0, 0.1) is 17.3 Å². The van der Waals surface area contributed by atoms with Crippen LogP contribution in [0.2, 0.25) is 0 Å². The second-order valence-electron chi connectivity index (χ2n) is 8.86. The molecule has 0 atom stereocenters. The van der Waals surface area contributed by atoms with E-state index in [4.69, 9.17) is 0 Å². The van der Waals surface area contributed by atoms with Crippen molar-refractivity contribution in [2.24, 2.45) is 17.3 Å². The average Bonchev–Trinajstić information content (AvgIpc) is 2.46. The maximum atomic E-state index is 2.82. The number of hydrogen-bond acceptors (Lipinski definition) is 2. The van der Waals surface area contributed by atoms with E-state index in [2.05, 4.69) is 51.5 Å². The third-order valence-electron chi connectivity index (χ3n) is 7.00. The van der Waals surface area contributed by atoms with Crippen molar-refractivity contribution in [3.63, 3.8) is 0 Å². The van der Waals surface area contributed by atoms with Crippen LogP contribution in [0.3, 0.4) is 0 Å². The first-order valence-corrected chi connectivity index (χ1v) is 9.81. The van der Waals surface area contributed by atoms with Gasteiger partial charge in [0.05, 0.1) is 0 Å². The van der Waals surface area contributed by atoms with E-state index in [1.165, 1.54) is 58.2 Å². The Labute approximate surface area is 139 Å². The van der Waals surface area contributed by atoms with Crippen molar-refractivity contribution in [2.45, 2.75) is 85.2 Å². The summed E-state index contributed by atoms with van der Waals surface area (Å²) in [7, 11) is 2.28. The van der Waals surface area contributed by atoms with Crippen LogP contribution in [0.4, 0.5) is 0 Å². The van der Waals surface area contributed by atoms with Crippen molar-refractivity contribution < 1.29 is 0 Å². The number of piperidine rings is 1. The highest BCUT2D eigenvalue weighted by molar-refractivity contribution is 4.99. The zero-order valence-electron chi connectivity index (χ0n) is 16.1. The molecule has 1 aliphatic carbocycles. The Morgan fingerprint density at radius 3 is 2.14 bits per heavy atom. The first-order chi connectivity index (χ1) is 10.4. The third kappa shape index (κ3) is 4.26. The summed E-state index contributed by atoms with van der Waals surface area (Å²) in [5.74, 6) is 1.86. The van der Waals surface area contributed by atoms with Gasteiger partial charge in [-0.15, -0.1) is 0 Å². The molecular weight excluding hydrogens is 268 g/mol. The molecule has 0 aromatic carbocycles. The van der Waals surface area contributed by atoms with Crippen molar-refractivity contribution in [3.8, 4) is 0 Å². The topological polar surface area (TPSA) is 6.48 Å². The van der Waals surface area contributed by atoms with Gasteiger partial charge in [0.15, 0.2) is 0 Å². The Morgan fingerprint density at radius 2 is 1.68 bits per heavy atom. The summed E-state index contributed by atoms with van der Waals surface area (Å²) in [4.78, 5) is 5.33. The highest BCUT2D eigenvalue weighted by Crippen LogP contribution is 2.49. The predicted octanol–water partition coefficient (Wildman–Crippen LogP) is 4.64. The van der Waals surface area contributed by atoms with Crippen molar-refractivity contribution in [1.82, 2.24) is 9.80 Å². The van der Waals surface area contributed by atoms with E-state index >= 15 is 0 Å². The molecular formula is C20H40N2. The van der Waals surface area contributed by atoms with Crippen molar-refractivity contribution in [1.29, 1.82) is 0 Å². The Hall–Kier alpha value is -0.0800. The Balaban J connectivity index is 1.75. The Bertz CT molecular complexity index is 323. The van der Waals surface area contributed by atoms with Crippen molar-refractivity contribution in [3.05, 3.63) is 0 Å². The molecule has 2 rings (SSSR count). The molecule has 2 heteroatoms. The van der Waals surface area contributed by atoms with Gasteiger partial charge in [-0.3, -0.25) is 0 Å². The number of nitrogens with zero attached hydrogens (tertiary/aromatic N) is 2. The van der Waals surface area contributed by atoms with E-state index in [1.54, 1.807) is 0 Å². The normalized spacial score (nSPS) is 31.2. The maximum Gasteiger partial charge on any atom is 0.0106 e. The highest BCUT2D eigenvalue weighted by atomic mass is 15.2. The van der Waals surface area contributed by atoms with Crippen LogP contribution in [0.1, 0.15) is 73.1 Å². The molecule has 130 valence electrons. The van der Waals surface area contributed by atoms with Crippen LogP contribution in [0.15, 0.2) is 0 Å². The van der Waals surface area contributed by atoms with Gasteiger partial charge in [0.25, 0.3) is 0 Å². The molecule has 22 heavy (non-hydrogen) atoms. The molecule has 1 aliphatic heterocycles. The van der Waals surface area contributed by atoms with Gasteiger partial charge in [-0.1, -0.05) is 27.2 Å². The molecule has 0 radical (unpaired) electrons. The summed E-state index contributed by atoms with van der Waals surface area (Å²) >= 11 is 0. The monoisotopic (exact) mass is 308 g/mol. The van der Waals surface area contributed by atoms with Gasteiger partial charge in [-0.05, 0) is 89.9 Å². The minimum atomic E-state index is 0.655. The van der Waals surface area contributed by atoms with E-state index in [1.807, 2.05) is 0 Å². The molecule has 0 bridgehead atoms. The smallest absolute Gasteiger partial charge is 0.0106 e. The number of rotatable bonds is 7. The van der Waals surface area contributed by atoms with Gasteiger partial charge in [-0.2, -0.15) is 0 Å². The number of hydrogen-bond donors (Lipinski definition) is 0. The molecule has 0 aromatic heterocycles. The quantitative estimate of drug-likeness (QED) is 0.676. The molecule has 0 aromatic rings. The summed E-state index contributed by atoms with van der Waals surface area (Å²) in [5.41, 5.74) is 0.655. The molecule has 0 amide bonds. The largest absolute Gasteiger partial charge is 0.304 e. The van der Waals surface area contributed by atoms with Crippen LogP contribution >= 0.6 is 0 Å². The van der Waals surface area contributed by atoms with Crippen molar-refractivity contribution in [2.75, 3.05) is 26.7 Å². The summed E-state index contributed by atoms with van der Waals surface area (Å²) in [6.07, 6.45) is 8.56. The Kier molecular flexibility index (Phi) is 6.36. The van der Waals surface area contributed by atoms with Gasteiger partial charge >= 0.3 is 0 Å². The third-order valence-corrected chi connectivity index (χ3v) is 7.00. The lowest BCUT2D eigenvalue weighted by atomic mass is 9.61. The van der Waals surface area contributed by atoms with E-state index in [9.17, 15) is 0 Å². The predicted molar refractivity (Wildman–Crippen MR) is 97.3 cm³/mol. The summed E-state index contributed by atoms with van der Waals surface area (Å²) < 4.78 is 0. The molecule has 0 spiro atoms. The first-order valence-electron chi connectivity index (χ1n) is 9.81. The van der Waals surface area contributed by atoms with Gasteiger partial charge in [-0.25, -0.2) is 0 Å².